The molecule has 0 unspecified atom stereocenters. The zero-order valence-corrected chi connectivity index (χ0v) is 13.9. The van der Waals surface area contributed by atoms with Crippen LogP contribution in [0.5, 0.6) is 0 Å². The average molecular weight is 339 g/mol. The van der Waals surface area contributed by atoms with Gasteiger partial charge in [-0.05, 0) is 12.5 Å². The fraction of sp³-hybridized carbons (Fsp3) is 0.588. The van der Waals surface area contributed by atoms with E-state index in [0.29, 0.717) is 26.3 Å². The molecule has 0 aliphatic carbocycles. The third kappa shape index (κ3) is 4.38. The normalized spacial score (nSPS) is 23.3. The molecule has 1 amide bonds. The number of carbonyl (C=O) groups is 1. The molecule has 2 aliphatic heterocycles. The number of hydrogen-bond acceptors (Lipinski definition) is 4. The molecule has 2 fully saturated rings. The minimum absolute atomic E-state index is 0.0329. The molecule has 0 aromatic heterocycles. The highest BCUT2D eigenvalue weighted by Gasteiger charge is 2.26. The van der Waals surface area contributed by atoms with Crippen molar-refractivity contribution in [2.24, 2.45) is 0 Å². The van der Waals surface area contributed by atoms with Crippen molar-refractivity contribution < 1.29 is 18.7 Å². The Hall–Kier alpha value is -1.27. The highest BCUT2D eigenvalue weighted by molar-refractivity contribution is 7.99. The van der Waals surface area contributed by atoms with Gasteiger partial charge in [0.2, 0.25) is 0 Å². The fourth-order valence-electron chi connectivity index (χ4n) is 2.95. The van der Waals surface area contributed by atoms with Crippen LogP contribution in [0.25, 0.3) is 0 Å². The summed E-state index contributed by atoms with van der Waals surface area (Å²) in [6.07, 6.45) is 2.01. The predicted octanol–water partition coefficient (Wildman–Crippen LogP) is 3.62. The summed E-state index contributed by atoms with van der Waals surface area (Å²) in [6.45, 7) is 2.57. The van der Waals surface area contributed by atoms with Crippen molar-refractivity contribution in [3.05, 3.63) is 35.6 Å². The lowest BCUT2D eigenvalue weighted by Crippen LogP contribution is -2.37. The van der Waals surface area contributed by atoms with E-state index in [1.807, 2.05) is 12.1 Å². The number of ether oxygens (including phenoxy) is 2. The lowest BCUT2D eigenvalue weighted by atomic mass is 10.1. The zero-order valence-electron chi connectivity index (χ0n) is 13.1. The maximum absolute atomic E-state index is 13.9. The van der Waals surface area contributed by atoms with Crippen LogP contribution in [0.3, 0.4) is 0 Å². The van der Waals surface area contributed by atoms with Crippen molar-refractivity contribution in [1.82, 2.24) is 4.90 Å². The van der Waals surface area contributed by atoms with Gasteiger partial charge < -0.3 is 14.4 Å². The molecule has 23 heavy (non-hydrogen) atoms. The number of rotatable bonds is 2. The lowest BCUT2D eigenvalue weighted by molar-refractivity contribution is -0.00962. The Morgan fingerprint density at radius 1 is 1.22 bits per heavy atom. The molecule has 4 nitrogen and oxygen atoms in total. The molecule has 2 heterocycles. The summed E-state index contributed by atoms with van der Waals surface area (Å²) in [5.74, 6) is 0.630. The molecule has 6 heteroatoms. The van der Waals surface area contributed by atoms with Crippen molar-refractivity contribution >= 4 is 17.9 Å². The number of thioether (sulfide) groups is 1. The number of halogens is 1. The number of hydrogen-bond donors (Lipinski definition) is 0. The van der Waals surface area contributed by atoms with Crippen LogP contribution >= 0.6 is 11.8 Å². The lowest BCUT2D eigenvalue weighted by Gasteiger charge is -2.26. The predicted molar refractivity (Wildman–Crippen MR) is 88.1 cm³/mol. The van der Waals surface area contributed by atoms with Crippen LogP contribution in [0.2, 0.25) is 0 Å². The van der Waals surface area contributed by atoms with Crippen LogP contribution < -0.4 is 0 Å². The summed E-state index contributed by atoms with van der Waals surface area (Å²) < 4.78 is 24.8. The highest BCUT2D eigenvalue weighted by Crippen LogP contribution is 2.35. The summed E-state index contributed by atoms with van der Waals surface area (Å²) in [7, 11) is 0. The number of carbonyl (C=O) groups excluding carboxylic acids is 1. The Balaban J connectivity index is 1.55. The van der Waals surface area contributed by atoms with Gasteiger partial charge in [-0.3, -0.25) is 0 Å². The van der Waals surface area contributed by atoms with Crippen LogP contribution in [0.4, 0.5) is 9.18 Å². The van der Waals surface area contributed by atoms with E-state index in [1.165, 1.54) is 6.07 Å². The first-order chi connectivity index (χ1) is 11.2. The molecular weight excluding hydrogens is 317 g/mol. The zero-order chi connectivity index (χ0) is 16.1. The Morgan fingerprint density at radius 2 is 2.00 bits per heavy atom. The number of amides is 1. The summed E-state index contributed by atoms with van der Waals surface area (Å²) in [4.78, 5) is 14.1. The molecule has 3 rings (SSSR count). The molecule has 0 bridgehead atoms. The summed E-state index contributed by atoms with van der Waals surface area (Å²) in [6, 6.07) is 6.90. The number of nitrogens with zero attached hydrogens (tertiary/aromatic N) is 1. The van der Waals surface area contributed by atoms with Gasteiger partial charge >= 0.3 is 6.09 Å². The monoisotopic (exact) mass is 339 g/mol. The Kier molecular flexibility index (Phi) is 5.78. The van der Waals surface area contributed by atoms with Crippen LogP contribution in [-0.4, -0.2) is 49.2 Å². The second-order valence-corrected chi connectivity index (χ2v) is 7.16. The minimum atomic E-state index is -0.244. The molecule has 0 N–H and O–H groups in total. The van der Waals surface area contributed by atoms with Crippen LogP contribution in [0.15, 0.2) is 24.3 Å². The smallest absolute Gasteiger partial charge is 0.410 e. The molecule has 2 aliphatic rings. The van der Waals surface area contributed by atoms with E-state index in [4.69, 9.17) is 9.47 Å². The van der Waals surface area contributed by atoms with E-state index in [-0.39, 0.29) is 23.3 Å². The van der Waals surface area contributed by atoms with E-state index in [9.17, 15) is 9.18 Å². The molecule has 1 aromatic rings. The first-order valence-corrected chi connectivity index (χ1v) is 9.18. The molecule has 1 aromatic carbocycles. The van der Waals surface area contributed by atoms with E-state index >= 15 is 0 Å². The van der Waals surface area contributed by atoms with Crippen LogP contribution in [0.1, 0.15) is 30.1 Å². The van der Waals surface area contributed by atoms with Crippen molar-refractivity contribution in [3.63, 3.8) is 0 Å². The standard InChI is InChI=1S/C17H22FNO3S/c18-15-4-2-1-3-14(15)16-5-8-19(9-12-23-16)17(20)22-13-6-10-21-11-7-13/h1-4,13,16H,5-12H2/t16-/m1/s1. The van der Waals surface area contributed by atoms with E-state index in [1.54, 1.807) is 22.7 Å². The van der Waals surface area contributed by atoms with Gasteiger partial charge in [0.05, 0.1) is 13.2 Å². The van der Waals surface area contributed by atoms with E-state index < -0.39 is 0 Å². The Labute approximate surface area is 140 Å². The average Bonchev–Trinajstić information content (AvgIpc) is 2.82. The van der Waals surface area contributed by atoms with Gasteiger partial charge in [0.15, 0.2) is 0 Å². The first-order valence-electron chi connectivity index (χ1n) is 8.13. The second-order valence-electron chi connectivity index (χ2n) is 5.85. The molecular formula is C17H22FNO3S. The summed E-state index contributed by atoms with van der Waals surface area (Å²) in [5.41, 5.74) is 0.733. The molecule has 0 spiro atoms. The third-order valence-electron chi connectivity index (χ3n) is 4.29. The highest BCUT2D eigenvalue weighted by atomic mass is 32.2. The molecule has 1 atom stereocenters. The van der Waals surface area contributed by atoms with Gasteiger partial charge in [-0.25, -0.2) is 9.18 Å². The van der Waals surface area contributed by atoms with Crippen molar-refractivity contribution in [2.75, 3.05) is 32.1 Å². The number of benzene rings is 1. The second kappa shape index (κ2) is 8.02. The first kappa shape index (κ1) is 16.6. The van der Waals surface area contributed by atoms with Gasteiger partial charge in [-0.2, -0.15) is 11.8 Å². The van der Waals surface area contributed by atoms with Gasteiger partial charge in [0.1, 0.15) is 11.9 Å². The fourth-order valence-corrected chi connectivity index (χ4v) is 4.20. The van der Waals surface area contributed by atoms with Gasteiger partial charge in [0.25, 0.3) is 0 Å². The Bertz CT molecular complexity index is 536. The summed E-state index contributed by atoms with van der Waals surface area (Å²) in [5, 5.41) is 0.0945. The maximum Gasteiger partial charge on any atom is 0.410 e. The summed E-state index contributed by atoms with van der Waals surface area (Å²) >= 11 is 1.71. The maximum atomic E-state index is 13.9. The minimum Gasteiger partial charge on any atom is -0.446 e. The molecule has 0 radical (unpaired) electrons. The van der Waals surface area contributed by atoms with Gasteiger partial charge in [0, 0.05) is 42.5 Å². The van der Waals surface area contributed by atoms with E-state index in [2.05, 4.69) is 0 Å². The van der Waals surface area contributed by atoms with Gasteiger partial charge in [-0.1, -0.05) is 18.2 Å². The van der Waals surface area contributed by atoms with E-state index in [0.717, 1.165) is 30.6 Å². The third-order valence-corrected chi connectivity index (χ3v) is 5.60. The van der Waals surface area contributed by atoms with Crippen LogP contribution in [0, 0.1) is 5.82 Å². The van der Waals surface area contributed by atoms with Crippen molar-refractivity contribution in [3.8, 4) is 0 Å². The Morgan fingerprint density at radius 3 is 2.78 bits per heavy atom. The molecule has 2 saturated heterocycles. The quantitative estimate of drug-likeness (QED) is 0.825. The largest absolute Gasteiger partial charge is 0.446 e. The van der Waals surface area contributed by atoms with Crippen molar-refractivity contribution in [1.29, 1.82) is 0 Å². The van der Waals surface area contributed by atoms with Crippen LogP contribution in [-0.2, 0) is 9.47 Å². The van der Waals surface area contributed by atoms with Gasteiger partial charge in [-0.15, -0.1) is 0 Å². The molecule has 126 valence electrons. The SMILES string of the molecule is O=C(OC1CCOCC1)N1CCS[C@@H](c2ccccc2F)CC1. The molecule has 0 saturated carbocycles. The van der Waals surface area contributed by atoms with Crippen molar-refractivity contribution in [2.45, 2.75) is 30.6 Å². The topological polar surface area (TPSA) is 38.8 Å².